The maximum Gasteiger partial charge on any atom is 0.325 e. The second-order valence-corrected chi connectivity index (χ2v) is 9.32. The van der Waals surface area contributed by atoms with Gasteiger partial charge in [-0.1, -0.05) is 18.2 Å². The minimum absolute atomic E-state index is 0.0570. The number of piperidine rings is 1. The van der Waals surface area contributed by atoms with Gasteiger partial charge in [0.25, 0.3) is 5.91 Å². The van der Waals surface area contributed by atoms with Crippen LogP contribution in [-0.4, -0.2) is 76.7 Å². The topological polar surface area (TPSA) is 90.0 Å². The zero-order valence-corrected chi connectivity index (χ0v) is 17.9. The molecule has 8 nitrogen and oxygen atoms in total. The van der Waals surface area contributed by atoms with Crippen LogP contribution in [0.5, 0.6) is 0 Å². The highest BCUT2D eigenvalue weighted by molar-refractivity contribution is 7.17. The smallest absolute Gasteiger partial charge is 0.325 e. The number of amides is 5. The molecule has 2 atom stereocenters. The number of urea groups is 1. The standard InChI is InChI=1S/C22H24N4O4S/c27-19(8-14-13-31-18-7-2-1-6-17(14)18)24-10-15-4-3-5-16(11-24)26(15)21(29)12-25-20(28)9-23-22(25)30/h1-2,6-7,13,15-16H,3-5,8-12H2,(H,23,30). The van der Waals surface area contributed by atoms with E-state index in [-0.39, 0.29) is 42.9 Å². The summed E-state index contributed by atoms with van der Waals surface area (Å²) in [6.07, 6.45) is 3.03. The summed E-state index contributed by atoms with van der Waals surface area (Å²) >= 11 is 1.65. The minimum Gasteiger partial charge on any atom is -0.338 e. The number of benzene rings is 1. The fraction of sp³-hybridized carbons (Fsp3) is 0.455. The van der Waals surface area contributed by atoms with Crippen LogP contribution in [0.3, 0.4) is 0 Å². The summed E-state index contributed by atoms with van der Waals surface area (Å²) in [6.45, 7) is 0.720. The largest absolute Gasteiger partial charge is 0.338 e. The zero-order chi connectivity index (χ0) is 21.5. The number of hydrogen-bond donors (Lipinski definition) is 1. The molecular formula is C22H24N4O4S. The third-order valence-corrected chi connectivity index (χ3v) is 7.51. The molecule has 2 unspecified atom stereocenters. The van der Waals surface area contributed by atoms with E-state index >= 15 is 0 Å². The van der Waals surface area contributed by atoms with E-state index in [0.717, 1.165) is 35.1 Å². The maximum absolute atomic E-state index is 13.1. The molecule has 0 aliphatic carbocycles. The first-order valence-electron chi connectivity index (χ1n) is 10.6. The number of piperazine rings is 1. The number of fused-ring (bicyclic) bond motifs is 3. The molecule has 31 heavy (non-hydrogen) atoms. The summed E-state index contributed by atoms with van der Waals surface area (Å²) < 4.78 is 1.18. The molecule has 0 spiro atoms. The van der Waals surface area contributed by atoms with Gasteiger partial charge in [0.2, 0.25) is 11.8 Å². The van der Waals surface area contributed by atoms with Crippen molar-refractivity contribution < 1.29 is 19.2 Å². The molecule has 3 aliphatic rings. The zero-order valence-electron chi connectivity index (χ0n) is 17.1. The Hall–Kier alpha value is -2.94. The molecule has 9 heteroatoms. The summed E-state index contributed by atoms with van der Waals surface area (Å²) in [4.78, 5) is 54.4. The molecule has 5 rings (SSSR count). The van der Waals surface area contributed by atoms with Gasteiger partial charge in [0, 0.05) is 29.9 Å². The van der Waals surface area contributed by atoms with E-state index in [1.54, 1.807) is 11.3 Å². The molecule has 3 saturated heterocycles. The molecule has 1 aromatic heterocycles. The molecule has 5 amide bonds. The van der Waals surface area contributed by atoms with E-state index < -0.39 is 6.03 Å². The van der Waals surface area contributed by atoms with Crippen LogP contribution < -0.4 is 5.32 Å². The van der Waals surface area contributed by atoms with Crippen molar-refractivity contribution in [2.24, 2.45) is 0 Å². The van der Waals surface area contributed by atoms with Crippen LogP contribution in [0.1, 0.15) is 24.8 Å². The third kappa shape index (κ3) is 3.67. The maximum atomic E-state index is 13.1. The van der Waals surface area contributed by atoms with Crippen molar-refractivity contribution in [1.82, 2.24) is 20.0 Å². The Bertz CT molecular complexity index is 1040. The van der Waals surface area contributed by atoms with Crippen molar-refractivity contribution in [2.75, 3.05) is 26.2 Å². The average molecular weight is 441 g/mol. The lowest BCUT2D eigenvalue weighted by molar-refractivity contribution is -0.151. The molecule has 162 valence electrons. The van der Waals surface area contributed by atoms with E-state index in [0.29, 0.717) is 19.5 Å². The molecule has 0 radical (unpaired) electrons. The molecule has 2 bridgehead atoms. The first-order chi connectivity index (χ1) is 15.0. The van der Waals surface area contributed by atoms with Gasteiger partial charge in [0.05, 0.1) is 13.0 Å². The Morgan fingerprint density at radius 3 is 2.52 bits per heavy atom. The van der Waals surface area contributed by atoms with Crippen LogP contribution in [-0.2, 0) is 20.8 Å². The molecule has 1 N–H and O–H groups in total. The van der Waals surface area contributed by atoms with Gasteiger partial charge < -0.3 is 15.1 Å². The number of rotatable bonds is 4. The van der Waals surface area contributed by atoms with Crippen molar-refractivity contribution in [1.29, 1.82) is 0 Å². The molecule has 2 aromatic rings. The second-order valence-electron chi connectivity index (χ2n) is 8.41. The summed E-state index contributed by atoms with van der Waals surface area (Å²) in [6, 6.07) is 7.46. The number of carbonyl (C=O) groups excluding carboxylic acids is 4. The van der Waals surface area contributed by atoms with E-state index in [2.05, 4.69) is 22.8 Å². The van der Waals surface area contributed by atoms with Crippen LogP contribution in [0.25, 0.3) is 10.1 Å². The summed E-state index contributed by atoms with van der Waals surface area (Å²) in [5, 5.41) is 5.63. The van der Waals surface area contributed by atoms with Crippen LogP contribution in [0, 0.1) is 0 Å². The van der Waals surface area contributed by atoms with Crippen LogP contribution in [0.15, 0.2) is 29.6 Å². The fourth-order valence-corrected chi connectivity index (χ4v) is 5.96. The minimum atomic E-state index is -0.514. The highest BCUT2D eigenvalue weighted by Crippen LogP contribution is 2.31. The monoisotopic (exact) mass is 440 g/mol. The normalized spacial score (nSPS) is 23.4. The lowest BCUT2D eigenvalue weighted by Crippen LogP contribution is -2.64. The first-order valence-corrected chi connectivity index (χ1v) is 11.5. The number of nitrogens with one attached hydrogen (secondary N) is 1. The van der Waals surface area contributed by atoms with Crippen molar-refractivity contribution in [2.45, 2.75) is 37.8 Å². The van der Waals surface area contributed by atoms with E-state index in [4.69, 9.17) is 0 Å². The number of likely N-dealkylation sites (tertiary alicyclic amines) is 1. The number of hydrogen-bond acceptors (Lipinski definition) is 5. The molecule has 1 aromatic carbocycles. The summed E-state index contributed by atoms with van der Waals surface area (Å²) in [5.74, 6) is -0.502. The van der Waals surface area contributed by atoms with Gasteiger partial charge in [-0.25, -0.2) is 4.79 Å². The Kier molecular flexibility index (Phi) is 5.13. The fourth-order valence-electron chi connectivity index (χ4n) is 4.99. The number of nitrogens with zero attached hydrogens (tertiary/aromatic N) is 3. The van der Waals surface area contributed by atoms with Gasteiger partial charge in [-0.15, -0.1) is 11.3 Å². The van der Waals surface area contributed by atoms with Gasteiger partial charge in [-0.2, -0.15) is 0 Å². The SMILES string of the molecule is O=C(Cc1csc2ccccc12)N1CC2CCCC(C1)N2C(=O)CN1C(=O)CNC1=O. The molecule has 4 heterocycles. The van der Waals surface area contributed by atoms with Crippen molar-refractivity contribution in [3.63, 3.8) is 0 Å². The lowest BCUT2D eigenvalue weighted by atomic mass is 9.90. The van der Waals surface area contributed by atoms with Gasteiger partial charge in [0.15, 0.2) is 0 Å². The molecular weight excluding hydrogens is 416 g/mol. The number of imide groups is 1. The number of thiophene rings is 1. The Morgan fingerprint density at radius 1 is 1.06 bits per heavy atom. The molecule has 3 aliphatic heterocycles. The first kappa shape index (κ1) is 20.0. The van der Waals surface area contributed by atoms with E-state index in [1.165, 1.54) is 4.70 Å². The van der Waals surface area contributed by atoms with Crippen molar-refractivity contribution >= 4 is 45.2 Å². The summed E-state index contributed by atoms with van der Waals surface area (Å²) in [7, 11) is 0. The highest BCUT2D eigenvalue weighted by Gasteiger charge is 2.43. The third-order valence-electron chi connectivity index (χ3n) is 6.50. The van der Waals surface area contributed by atoms with Crippen molar-refractivity contribution in [3.8, 4) is 0 Å². The van der Waals surface area contributed by atoms with Crippen LogP contribution in [0.2, 0.25) is 0 Å². The highest BCUT2D eigenvalue weighted by atomic mass is 32.1. The van der Waals surface area contributed by atoms with Gasteiger partial charge in [-0.05, 0) is 41.7 Å². The lowest BCUT2D eigenvalue weighted by Gasteiger charge is -2.50. The van der Waals surface area contributed by atoms with E-state index in [9.17, 15) is 19.2 Å². The van der Waals surface area contributed by atoms with Gasteiger partial charge >= 0.3 is 6.03 Å². The molecule has 0 saturated carbocycles. The Morgan fingerprint density at radius 2 is 1.81 bits per heavy atom. The quantitative estimate of drug-likeness (QED) is 0.731. The summed E-state index contributed by atoms with van der Waals surface area (Å²) in [5.41, 5.74) is 1.05. The Labute approximate surface area is 183 Å². The van der Waals surface area contributed by atoms with Gasteiger partial charge in [-0.3, -0.25) is 19.3 Å². The predicted octanol–water partition coefficient (Wildman–Crippen LogP) is 1.59. The van der Waals surface area contributed by atoms with Crippen LogP contribution in [0.4, 0.5) is 4.79 Å². The Balaban J connectivity index is 1.27. The average Bonchev–Trinajstić information content (AvgIpc) is 3.31. The van der Waals surface area contributed by atoms with Gasteiger partial charge in [0.1, 0.15) is 6.54 Å². The van der Waals surface area contributed by atoms with Crippen molar-refractivity contribution in [3.05, 3.63) is 35.2 Å². The predicted molar refractivity (Wildman–Crippen MR) is 115 cm³/mol. The second kappa shape index (κ2) is 7.96. The molecule has 3 fully saturated rings. The van der Waals surface area contributed by atoms with Crippen LogP contribution >= 0.6 is 11.3 Å². The van der Waals surface area contributed by atoms with E-state index in [1.807, 2.05) is 21.9 Å². The number of carbonyl (C=O) groups is 4.